The fourth-order valence-corrected chi connectivity index (χ4v) is 4.53. The molecule has 4 aromatic rings. The third-order valence-electron chi connectivity index (χ3n) is 5.29. The number of thiophene rings is 1. The van der Waals surface area contributed by atoms with Crippen molar-refractivity contribution in [2.75, 3.05) is 31.2 Å². The van der Waals surface area contributed by atoms with Crippen LogP contribution in [0.1, 0.15) is 16.3 Å². The van der Waals surface area contributed by atoms with Crippen LogP contribution in [0.4, 0.5) is 24.8 Å². The number of alkyl halides is 3. The monoisotopic (exact) mass is 503 g/mol. The van der Waals surface area contributed by atoms with Gasteiger partial charge in [-0.1, -0.05) is 5.16 Å². The molecule has 0 aromatic carbocycles. The number of hydrogen-bond acceptors (Lipinski definition) is 10. The predicted molar refractivity (Wildman–Crippen MR) is 121 cm³/mol. The molecule has 4 aromatic heterocycles. The second-order valence-corrected chi connectivity index (χ2v) is 8.92. The number of morpholine rings is 1. The molecule has 1 aliphatic rings. The summed E-state index contributed by atoms with van der Waals surface area (Å²) in [6.07, 6.45) is 1.89. The van der Waals surface area contributed by atoms with E-state index in [2.05, 4.69) is 34.5 Å². The van der Waals surface area contributed by atoms with E-state index in [1.54, 1.807) is 30.9 Å². The second-order valence-electron chi connectivity index (χ2n) is 7.75. The van der Waals surface area contributed by atoms with Crippen LogP contribution < -0.4 is 4.90 Å². The van der Waals surface area contributed by atoms with Crippen LogP contribution in [0, 0.1) is 0 Å². The summed E-state index contributed by atoms with van der Waals surface area (Å²) in [5.74, 6) is -0.197. The molecule has 13 heteroatoms. The van der Waals surface area contributed by atoms with Crippen LogP contribution >= 0.6 is 11.3 Å². The van der Waals surface area contributed by atoms with E-state index in [1.807, 2.05) is 23.1 Å². The molecule has 0 aliphatic carbocycles. The first-order valence-electron chi connectivity index (χ1n) is 10.7. The molecule has 1 fully saturated rings. The van der Waals surface area contributed by atoms with E-state index in [0.29, 0.717) is 23.1 Å². The van der Waals surface area contributed by atoms with Gasteiger partial charge in [-0.25, -0.2) is 9.97 Å². The van der Waals surface area contributed by atoms with Crippen molar-refractivity contribution in [3.8, 4) is 10.7 Å². The quantitative estimate of drug-likeness (QED) is 0.368. The third-order valence-corrected chi connectivity index (χ3v) is 6.35. The normalized spacial score (nSPS) is 14.8. The number of ether oxygens (including phenoxy) is 1. The molecular formula is C22H20F3N7O2S. The van der Waals surface area contributed by atoms with Gasteiger partial charge < -0.3 is 14.2 Å². The lowest BCUT2D eigenvalue weighted by molar-refractivity contribution is -0.159. The maximum atomic E-state index is 12.8. The van der Waals surface area contributed by atoms with Crippen LogP contribution in [0.15, 0.2) is 53.6 Å². The van der Waals surface area contributed by atoms with E-state index in [4.69, 9.17) is 4.74 Å². The minimum absolute atomic E-state index is 0.106. The molecule has 0 spiro atoms. The average Bonchev–Trinajstić information content (AvgIpc) is 3.54. The number of rotatable bonds is 7. The van der Waals surface area contributed by atoms with Crippen molar-refractivity contribution >= 4 is 23.0 Å². The predicted octanol–water partition coefficient (Wildman–Crippen LogP) is 4.17. The van der Waals surface area contributed by atoms with Gasteiger partial charge in [0, 0.05) is 43.1 Å². The van der Waals surface area contributed by atoms with Crippen LogP contribution in [-0.4, -0.2) is 56.3 Å². The largest absolute Gasteiger partial charge is 0.471 e. The molecule has 0 N–H and O–H groups in total. The Morgan fingerprint density at radius 1 is 1.03 bits per heavy atom. The highest BCUT2D eigenvalue weighted by Crippen LogP contribution is 2.33. The molecule has 0 saturated carbocycles. The molecule has 1 aliphatic heterocycles. The molecule has 0 amide bonds. The summed E-state index contributed by atoms with van der Waals surface area (Å²) in [7, 11) is 0. The summed E-state index contributed by atoms with van der Waals surface area (Å²) in [5.41, 5.74) is 1.10. The molecule has 182 valence electrons. The van der Waals surface area contributed by atoms with Crippen molar-refractivity contribution < 1.29 is 22.4 Å². The Balaban J connectivity index is 1.39. The van der Waals surface area contributed by atoms with E-state index >= 15 is 0 Å². The molecule has 5 rings (SSSR count). The molecule has 0 bridgehead atoms. The van der Waals surface area contributed by atoms with Crippen LogP contribution in [0.25, 0.3) is 10.7 Å². The van der Waals surface area contributed by atoms with Crippen molar-refractivity contribution in [2.24, 2.45) is 0 Å². The highest BCUT2D eigenvalue weighted by Gasteiger charge is 2.38. The zero-order valence-corrected chi connectivity index (χ0v) is 19.2. The first kappa shape index (κ1) is 23.3. The van der Waals surface area contributed by atoms with E-state index < -0.39 is 12.1 Å². The highest BCUT2D eigenvalue weighted by molar-refractivity contribution is 7.15. The molecule has 0 radical (unpaired) electrons. The van der Waals surface area contributed by atoms with Crippen molar-refractivity contribution in [1.29, 1.82) is 0 Å². The number of aromatic nitrogens is 5. The van der Waals surface area contributed by atoms with E-state index in [0.717, 1.165) is 43.3 Å². The summed E-state index contributed by atoms with van der Waals surface area (Å²) in [4.78, 5) is 22.2. The Morgan fingerprint density at radius 2 is 1.86 bits per heavy atom. The van der Waals surface area contributed by atoms with Gasteiger partial charge in [-0.3, -0.25) is 9.88 Å². The average molecular weight is 504 g/mol. The number of pyridine rings is 1. The SMILES string of the molecule is FC(F)(F)c1nc(-c2ccc(CN(c3cnccn3)c3cc(CN4CCOCC4)ccn3)s2)no1. The summed E-state index contributed by atoms with van der Waals surface area (Å²) < 4.78 is 48.3. The standard InChI is InChI=1S/C22H20F3N7O2S/c23-22(24,25)21-29-20(30-34-21)17-2-1-16(35-17)14-32(19-12-26-5-6-28-19)18-11-15(3-4-27-18)13-31-7-9-33-10-8-31/h1-6,11-12H,7-10,13-14H2. The van der Waals surface area contributed by atoms with Crippen molar-refractivity contribution in [3.63, 3.8) is 0 Å². The van der Waals surface area contributed by atoms with Gasteiger partial charge in [-0.05, 0) is 29.8 Å². The van der Waals surface area contributed by atoms with Gasteiger partial charge in [0.25, 0.3) is 0 Å². The van der Waals surface area contributed by atoms with Gasteiger partial charge in [0.1, 0.15) is 5.82 Å². The van der Waals surface area contributed by atoms with Crippen molar-refractivity contribution in [2.45, 2.75) is 19.3 Å². The minimum atomic E-state index is -4.69. The fraction of sp³-hybridized carbons (Fsp3) is 0.318. The number of hydrogen-bond donors (Lipinski definition) is 0. The zero-order chi connectivity index (χ0) is 24.3. The van der Waals surface area contributed by atoms with Gasteiger partial charge in [0.05, 0.1) is 30.8 Å². The van der Waals surface area contributed by atoms with Gasteiger partial charge in [-0.15, -0.1) is 11.3 Å². The minimum Gasteiger partial charge on any atom is -0.379 e. The van der Waals surface area contributed by atoms with Gasteiger partial charge >= 0.3 is 12.1 Å². The molecule has 1 saturated heterocycles. The number of halogens is 3. The summed E-state index contributed by atoms with van der Waals surface area (Å²) in [6.45, 7) is 4.33. The van der Waals surface area contributed by atoms with Crippen molar-refractivity contribution in [1.82, 2.24) is 30.0 Å². The lowest BCUT2D eigenvalue weighted by atomic mass is 10.2. The van der Waals surface area contributed by atoms with Crippen LogP contribution in [-0.2, 0) is 24.0 Å². The van der Waals surface area contributed by atoms with E-state index in [1.165, 1.54) is 11.3 Å². The summed E-state index contributed by atoms with van der Waals surface area (Å²) in [5, 5.41) is 3.47. The van der Waals surface area contributed by atoms with E-state index in [9.17, 15) is 13.2 Å². The Hall–Kier alpha value is -3.42. The van der Waals surface area contributed by atoms with Gasteiger partial charge in [0.15, 0.2) is 5.82 Å². The Labute approximate surface area is 202 Å². The molecule has 0 atom stereocenters. The molecule has 0 unspecified atom stereocenters. The fourth-order valence-electron chi connectivity index (χ4n) is 3.61. The van der Waals surface area contributed by atoms with Crippen LogP contribution in [0.2, 0.25) is 0 Å². The maximum absolute atomic E-state index is 12.8. The number of anilines is 2. The van der Waals surface area contributed by atoms with E-state index in [-0.39, 0.29) is 5.82 Å². The van der Waals surface area contributed by atoms with Crippen molar-refractivity contribution in [3.05, 3.63) is 65.4 Å². The molecular weight excluding hydrogens is 483 g/mol. The highest BCUT2D eigenvalue weighted by atomic mass is 32.1. The van der Waals surface area contributed by atoms with Crippen LogP contribution in [0.5, 0.6) is 0 Å². The topological polar surface area (TPSA) is 93.3 Å². The van der Waals surface area contributed by atoms with Crippen LogP contribution in [0.3, 0.4) is 0 Å². The maximum Gasteiger partial charge on any atom is 0.471 e. The first-order valence-corrected chi connectivity index (χ1v) is 11.6. The molecule has 9 nitrogen and oxygen atoms in total. The van der Waals surface area contributed by atoms with Gasteiger partial charge in [0.2, 0.25) is 5.82 Å². The zero-order valence-electron chi connectivity index (χ0n) is 18.4. The summed E-state index contributed by atoms with van der Waals surface area (Å²) in [6, 6.07) is 7.46. The molecule has 5 heterocycles. The first-order chi connectivity index (χ1) is 17.0. The lowest BCUT2D eigenvalue weighted by Gasteiger charge is -2.27. The Morgan fingerprint density at radius 3 is 2.60 bits per heavy atom. The number of nitrogens with zero attached hydrogens (tertiary/aromatic N) is 7. The summed E-state index contributed by atoms with van der Waals surface area (Å²) >= 11 is 1.27. The Bertz CT molecular complexity index is 1260. The third kappa shape index (κ3) is 5.63. The Kier molecular flexibility index (Phi) is 6.70. The second kappa shape index (κ2) is 10.1. The molecule has 35 heavy (non-hydrogen) atoms. The lowest BCUT2D eigenvalue weighted by Crippen LogP contribution is -2.35. The smallest absolute Gasteiger partial charge is 0.379 e. The van der Waals surface area contributed by atoms with Gasteiger partial charge in [-0.2, -0.15) is 18.2 Å².